The fraction of sp³-hybridized carbons (Fsp3) is 0.706. The second-order valence-corrected chi connectivity index (χ2v) is 7.64. The van der Waals surface area contributed by atoms with Crippen LogP contribution in [0.4, 0.5) is 0 Å². The van der Waals surface area contributed by atoms with Crippen molar-refractivity contribution in [3.8, 4) is 0 Å². The topological polar surface area (TPSA) is 38.3 Å². The minimum Gasteiger partial charge on any atom is -0.377 e. The van der Waals surface area contributed by atoms with E-state index in [1.54, 1.807) is 11.3 Å². The van der Waals surface area contributed by atoms with Crippen LogP contribution in [0.25, 0.3) is 0 Å². The highest BCUT2D eigenvalue weighted by Gasteiger charge is 2.65. The molecule has 3 fully saturated rings. The molecule has 3 atom stereocenters. The molecule has 1 amide bonds. The van der Waals surface area contributed by atoms with Gasteiger partial charge >= 0.3 is 0 Å². The lowest BCUT2D eigenvalue weighted by atomic mass is 9.54. The van der Waals surface area contributed by atoms with Crippen molar-refractivity contribution in [1.82, 2.24) is 5.32 Å². The molecule has 21 heavy (non-hydrogen) atoms. The number of amides is 1. The zero-order valence-electron chi connectivity index (χ0n) is 12.3. The van der Waals surface area contributed by atoms with Crippen LogP contribution < -0.4 is 5.32 Å². The highest BCUT2D eigenvalue weighted by molar-refractivity contribution is 7.07. The number of carbonyl (C=O) groups is 1. The molecule has 4 rings (SSSR count). The molecule has 0 unspecified atom stereocenters. The molecule has 1 saturated heterocycles. The highest BCUT2D eigenvalue weighted by atomic mass is 32.1. The maximum absolute atomic E-state index is 12.3. The number of hydrogen-bond acceptors (Lipinski definition) is 3. The van der Waals surface area contributed by atoms with Crippen LogP contribution in [0.5, 0.6) is 0 Å². The lowest BCUT2D eigenvalue weighted by Gasteiger charge is -2.56. The van der Waals surface area contributed by atoms with E-state index in [2.05, 4.69) is 22.1 Å². The fourth-order valence-electron chi connectivity index (χ4n) is 4.84. The van der Waals surface area contributed by atoms with Crippen LogP contribution in [0.3, 0.4) is 0 Å². The van der Waals surface area contributed by atoms with E-state index in [0.717, 1.165) is 19.4 Å². The minimum absolute atomic E-state index is 0.225. The maximum atomic E-state index is 12.3. The third-order valence-electron chi connectivity index (χ3n) is 5.82. The van der Waals surface area contributed by atoms with Crippen LogP contribution in [0.2, 0.25) is 0 Å². The summed E-state index contributed by atoms with van der Waals surface area (Å²) < 4.78 is 5.97. The monoisotopic (exact) mass is 305 g/mol. The second kappa shape index (κ2) is 5.40. The molecule has 3 aliphatic rings. The van der Waals surface area contributed by atoms with Crippen LogP contribution in [0.15, 0.2) is 16.8 Å². The summed E-state index contributed by atoms with van der Waals surface area (Å²) in [5.74, 6) is 0.802. The van der Waals surface area contributed by atoms with Crippen LogP contribution in [0, 0.1) is 11.3 Å². The van der Waals surface area contributed by atoms with Crippen LogP contribution in [-0.4, -0.2) is 24.7 Å². The number of aryl methyl sites for hydroxylation is 1. The first-order valence-corrected chi connectivity index (χ1v) is 9.16. The summed E-state index contributed by atoms with van der Waals surface area (Å²) in [4.78, 5) is 12.3. The second-order valence-electron chi connectivity index (χ2n) is 6.86. The van der Waals surface area contributed by atoms with Gasteiger partial charge in [-0.15, -0.1) is 0 Å². The number of nitrogens with one attached hydrogen (secondary N) is 1. The van der Waals surface area contributed by atoms with Gasteiger partial charge in [0, 0.05) is 30.4 Å². The van der Waals surface area contributed by atoms with Gasteiger partial charge in [0.1, 0.15) is 0 Å². The van der Waals surface area contributed by atoms with Gasteiger partial charge in [-0.3, -0.25) is 4.79 Å². The maximum Gasteiger partial charge on any atom is 0.220 e. The summed E-state index contributed by atoms with van der Waals surface area (Å²) in [6, 6.07) is 2.49. The van der Waals surface area contributed by atoms with Crippen molar-refractivity contribution in [2.45, 2.75) is 57.1 Å². The molecule has 3 nitrogen and oxygen atoms in total. The van der Waals surface area contributed by atoms with Crippen LogP contribution in [0.1, 0.15) is 44.1 Å². The Bertz CT molecular complexity index is 507. The zero-order chi connectivity index (χ0) is 14.3. The molecule has 2 heterocycles. The number of carbonyl (C=O) groups excluding carboxylic acids is 1. The Hall–Kier alpha value is -0.870. The quantitative estimate of drug-likeness (QED) is 0.928. The van der Waals surface area contributed by atoms with Crippen molar-refractivity contribution >= 4 is 17.2 Å². The first-order chi connectivity index (χ1) is 10.3. The molecule has 0 aromatic carbocycles. The van der Waals surface area contributed by atoms with Gasteiger partial charge in [0.05, 0.1) is 6.10 Å². The van der Waals surface area contributed by atoms with Crippen molar-refractivity contribution in [3.05, 3.63) is 22.4 Å². The Morgan fingerprint density at radius 2 is 2.29 bits per heavy atom. The molecule has 1 aromatic rings. The fourth-order valence-corrected chi connectivity index (χ4v) is 5.55. The van der Waals surface area contributed by atoms with Crippen LogP contribution in [-0.2, 0) is 16.0 Å². The molecular weight excluding hydrogens is 282 g/mol. The van der Waals surface area contributed by atoms with E-state index in [-0.39, 0.29) is 11.3 Å². The van der Waals surface area contributed by atoms with E-state index in [1.807, 2.05) is 0 Å². The first-order valence-electron chi connectivity index (χ1n) is 8.22. The van der Waals surface area contributed by atoms with E-state index in [4.69, 9.17) is 4.74 Å². The lowest BCUT2D eigenvalue weighted by molar-refractivity contribution is -0.145. The van der Waals surface area contributed by atoms with E-state index >= 15 is 0 Å². The number of hydrogen-bond donors (Lipinski definition) is 1. The average molecular weight is 305 g/mol. The summed E-state index contributed by atoms with van der Waals surface area (Å²) in [6.45, 7) is 0.887. The van der Waals surface area contributed by atoms with Crippen molar-refractivity contribution in [2.24, 2.45) is 11.3 Å². The normalized spacial score (nSPS) is 32.9. The summed E-state index contributed by atoms with van der Waals surface area (Å²) in [6.07, 6.45) is 8.11. The number of thiophene rings is 1. The molecule has 0 bridgehead atoms. The van der Waals surface area contributed by atoms with Gasteiger partial charge in [0.2, 0.25) is 5.91 Å². The molecule has 114 valence electrons. The van der Waals surface area contributed by atoms with E-state index in [0.29, 0.717) is 24.5 Å². The largest absolute Gasteiger partial charge is 0.377 e. The number of fused-ring (bicyclic) bond motifs is 2. The smallest absolute Gasteiger partial charge is 0.220 e. The van der Waals surface area contributed by atoms with Gasteiger partial charge in [0.25, 0.3) is 0 Å². The molecule has 2 saturated carbocycles. The van der Waals surface area contributed by atoms with Gasteiger partial charge in [-0.25, -0.2) is 0 Å². The number of ether oxygens (including phenoxy) is 1. The van der Waals surface area contributed by atoms with Crippen molar-refractivity contribution in [2.75, 3.05) is 6.61 Å². The molecule has 1 spiro atoms. The summed E-state index contributed by atoms with van der Waals surface area (Å²) >= 11 is 1.70. The summed E-state index contributed by atoms with van der Waals surface area (Å²) in [7, 11) is 0. The van der Waals surface area contributed by atoms with Gasteiger partial charge in [-0.05, 0) is 48.1 Å². The third kappa shape index (κ3) is 2.23. The van der Waals surface area contributed by atoms with E-state index < -0.39 is 0 Å². The minimum atomic E-state index is 0.225. The third-order valence-corrected chi connectivity index (χ3v) is 6.56. The Balaban J connectivity index is 1.38. The average Bonchev–Trinajstić information content (AvgIpc) is 3.22. The van der Waals surface area contributed by atoms with Crippen molar-refractivity contribution in [3.63, 3.8) is 0 Å². The SMILES string of the molecule is O=C(CCc1ccsc1)N[C@@H]1[C@@H]2CCO[C@H]2C12CCCC2. The van der Waals surface area contributed by atoms with Gasteiger partial charge in [-0.1, -0.05) is 12.8 Å². The molecule has 1 aromatic heterocycles. The molecule has 4 heteroatoms. The van der Waals surface area contributed by atoms with Crippen molar-refractivity contribution < 1.29 is 9.53 Å². The molecule has 0 radical (unpaired) electrons. The van der Waals surface area contributed by atoms with Gasteiger partial charge in [-0.2, -0.15) is 11.3 Å². The first kappa shape index (κ1) is 13.8. The van der Waals surface area contributed by atoms with Gasteiger partial charge < -0.3 is 10.1 Å². The van der Waals surface area contributed by atoms with E-state index in [9.17, 15) is 4.79 Å². The lowest BCUT2D eigenvalue weighted by Crippen LogP contribution is -2.68. The predicted octanol–water partition coefficient (Wildman–Crippen LogP) is 3.14. The summed E-state index contributed by atoms with van der Waals surface area (Å²) in [5.41, 5.74) is 1.56. The van der Waals surface area contributed by atoms with Crippen molar-refractivity contribution in [1.29, 1.82) is 0 Å². The summed E-state index contributed by atoms with van der Waals surface area (Å²) in [5, 5.41) is 7.58. The predicted molar refractivity (Wildman–Crippen MR) is 83.3 cm³/mol. The Morgan fingerprint density at radius 3 is 3.05 bits per heavy atom. The molecular formula is C17H23NO2S. The molecule has 1 N–H and O–H groups in total. The van der Waals surface area contributed by atoms with E-state index in [1.165, 1.54) is 31.2 Å². The Labute approximate surface area is 130 Å². The van der Waals surface area contributed by atoms with Gasteiger partial charge in [0.15, 0.2) is 0 Å². The Kier molecular flexibility index (Phi) is 3.54. The molecule has 2 aliphatic carbocycles. The molecule has 1 aliphatic heterocycles. The standard InChI is InChI=1S/C17H23NO2S/c19-14(4-3-12-6-10-21-11-12)18-15-13-5-9-20-16(13)17(15)7-1-2-8-17/h6,10-11,13,15-16H,1-5,7-9H2,(H,18,19)/t13-,15+,16+/m0/s1. The Morgan fingerprint density at radius 1 is 1.43 bits per heavy atom. The van der Waals surface area contributed by atoms with Crippen LogP contribution >= 0.6 is 11.3 Å². The number of rotatable bonds is 4. The zero-order valence-corrected chi connectivity index (χ0v) is 13.2. The highest BCUT2D eigenvalue weighted by Crippen LogP contribution is 2.60.